The molecule has 0 saturated carbocycles. The SMILES string of the molecule is Oc1cc(N2CCCCC2)cc2c1CNC2. The van der Waals surface area contributed by atoms with Crippen LogP contribution >= 0.6 is 0 Å². The van der Waals surface area contributed by atoms with E-state index < -0.39 is 0 Å². The van der Waals surface area contributed by atoms with E-state index in [0.29, 0.717) is 5.75 Å². The number of phenols is 1. The number of aromatic hydroxyl groups is 1. The van der Waals surface area contributed by atoms with Gasteiger partial charge in [0.1, 0.15) is 5.75 Å². The molecule has 2 N–H and O–H groups in total. The van der Waals surface area contributed by atoms with Gasteiger partial charge in [-0.3, -0.25) is 0 Å². The topological polar surface area (TPSA) is 35.5 Å². The van der Waals surface area contributed by atoms with Crippen LogP contribution in [0.3, 0.4) is 0 Å². The second-order valence-corrected chi connectivity index (χ2v) is 4.75. The molecule has 3 heteroatoms. The molecule has 0 aromatic heterocycles. The minimum atomic E-state index is 0.461. The lowest BCUT2D eigenvalue weighted by atomic mass is 10.1. The first-order valence-electron chi connectivity index (χ1n) is 6.15. The molecule has 16 heavy (non-hydrogen) atoms. The first-order chi connectivity index (χ1) is 7.84. The molecule has 0 bridgehead atoms. The standard InChI is InChI=1S/C13H18N2O/c16-13-7-11(15-4-2-1-3-5-15)6-10-8-14-9-12(10)13/h6-7,14,16H,1-5,8-9H2. The molecule has 2 aliphatic heterocycles. The van der Waals surface area contributed by atoms with Gasteiger partial charge in [-0.25, -0.2) is 0 Å². The van der Waals surface area contributed by atoms with E-state index in [-0.39, 0.29) is 0 Å². The van der Waals surface area contributed by atoms with E-state index in [1.807, 2.05) is 6.07 Å². The fraction of sp³-hybridized carbons (Fsp3) is 0.538. The number of phenolic OH excluding ortho intramolecular Hbond substituents is 1. The number of piperidine rings is 1. The molecule has 1 saturated heterocycles. The second kappa shape index (κ2) is 3.98. The molecule has 0 radical (unpaired) electrons. The van der Waals surface area contributed by atoms with E-state index in [1.54, 1.807) is 0 Å². The van der Waals surface area contributed by atoms with E-state index in [2.05, 4.69) is 16.3 Å². The van der Waals surface area contributed by atoms with Crippen LogP contribution in [0.25, 0.3) is 0 Å². The predicted octanol–water partition coefficient (Wildman–Crippen LogP) is 1.99. The van der Waals surface area contributed by atoms with Crippen LogP contribution < -0.4 is 10.2 Å². The summed E-state index contributed by atoms with van der Waals surface area (Å²) < 4.78 is 0. The van der Waals surface area contributed by atoms with E-state index >= 15 is 0 Å². The van der Waals surface area contributed by atoms with Gasteiger partial charge >= 0.3 is 0 Å². The summed E-state index contributed by atoms with van der Waals surface area (Å²) in [4.78, 5) is 2.39. The van der Waals surface area contributed by atoms with Crippen LogP contribution in [-0.4, -0.2) is 18.2 Å². The number of nitrogens with one attached hydrogen (secondary N) is 1. The van der Waals surface area contributed by atoms with Crippen LogP contribution in [0.2, 0.25) is 0 Å². The molecule has 3 rings (SSSR count). The van der Waals surface area contributed by atoms with Gasteiger partial charge in [-0.05, 0) is 30.9 Å². The molecule has 0 unspecified atom stereocenters. The Labute approximate surface area is 96.1 Å². The molecule has 0 aliphatic carbocycles. The maximum atomic E-state index is 9.98. The fourth-order valence-electron chi connectivity index (χ4n) is 2.72. The fourth-order valence-corrected chi connectivity index (χ4v) is 2.72. The highest BCUT2D eigenvalue weighted by molar-refractivity contribution is 5.58. The van der Waals surface area contributed by atoms with Crippen molar-refractivity contribution in [2.45, 2.75) is 32.4 Å². The normalized spacial score (nSPS) is 19.9. The van der Waals surface area contributed by atoms with Gasteiger partial charge in [0, 0.05) is 43.5 Å². The summed E-state index contributed by atoms with van der Waals surface area (Å²) in [5, 5.41) is 13.3. The Morgan fingerprint density at radius 1 is 1.06 bits per heavy atom. The van der Waals surface area contributed by atoms with Crippen molar-refractivity contribution in [2.75, 3.05) is 18.0 Å². The van der Waals surface area contributed by atoms with Crippen LogP contribution in [-0.2, 0) is 13.1 Å². The summed E-state index contributed by atoms with van der Waals surface area (Å²) in [5.41, 5.74) is 3.54. The summed E-state index contributed by atoms with van der Waals surface area (Å²) in [6.45, 7) is 3.96. The summed E-state index contributed by atoms with van der Waals surface area (Å²) in [6.07, 6.45) is 3.89. The molecule has 0 amide bonds. The number of hydrogen-bond acceptors (Lipinski definition) is 3. The lowest BCUT2D eigenvalue weighted by Crippen LogP contribution is -2.29. The summed E-state index contributed by atoms with van der Waals surface area (Å²) in [6, 6.07) is 4.16. The zero-order valence-corrected chi connectivity index (χ0v) is 9.50. The number of fused-ring (bicyclic) bond motifs is 1. The minimum absolute atomic E-state index is 0.461. The van der Waals surface area contributed by atoms with Crippen LogP contribution in [0.1, 0.15) is 30.4 Å². The van der Waals surface area contributed by atoms with Crippen molar-refractivity contribution in [2.24, 2.45) is 0 Å². The molecule has 2 aliphatic rings. The quantitative estimate of drug-likeness (QED) is 0.756. The van der Waals surface area contributed by atoms with Gasteiger partial charge in [0.2, 0.25) is 0 Å². The molecule has 86 valence electrons. The molecule has 1 aromatic rings. The van der Waals surface area contributed by atoms with Crippen molar-refractivity contribution in [3.05, 3.63) is 23.3 Å². The Bertz CT molecular complexity index is 397. The van der Waals surface area contributed by atoms with E-state index in [0.717, 1.165) is 31.7 Å². The van der Waals surface area contributed by atoms with Crippen molar-refractivity contribution >= 4 is 5.69 Å². The van der Waals surface area contributed by atoms with Gasteiger partial charge in [-0.15, -0.1) is 0 Å². The maximum absolute atomic E-state index is 9.98. The summed E-state index contributed by atoms with van der Waals surface area (Å²) in [7, 11) is 0. The molecular formula is C13H18N2O. The van der Waals surface area contributed by atoms with Gasteiger partial charge < -0.3 is 15.3 Å². The Balaban J connectivity index is 1.92. The third kappa shape index (κ3) is 1.65. The lowest BCUT2D eigenvalue weighted by molar-refractivity contribution is 0.467. The first-order valence-corrected chi connectivity index (χ1v) is 6.15. The molecule has 0 atom stereocenters. The monoisotopic (exact) mass is 218 g/mol. The van der Waals surface area contributed by atoms with E-state index in [9.17, 15) is 5.11 Å². The molecule has 3 nitrogen and oxygen atoms in total. The van der Waals surface area contributed by atoms with Crippen molar-refractivity contribution in [3.63, 3.8) is 0 Å². The highest BCUT2D eigenvalue weighted by Gasteiger charge is 2.18. The van der Waals surface area contributed by atoms with Crippen LogP contribution in [0.4, 0.5) is 5.69 Å². The van der Waals surface area contributed by atoms with Gasteiger partial charge in [0.15, 0.2) is 0 Å². The zero-order chi connectivity index (χ0) is 11.0. The van der Waals surface area contributed by atoms with Crippen molar-refractivity contribution in [1.82, 2.24) is 5.32 Å². The Morgan fingerprint density at radius 2 is 1.88 bits per heavy atom. The molecule has 0 spiro atoms. The van der Waals surface area contributed by atoms with Gasteiger partial charge in [0.05, 0.1) is 0 Å². The molecule has 1 fully saturated rings. The van der Waals surface area contributed by atoms with Crippen LogP contribution in [0, 0.1) is 0 Å². The van der Waals surface area contributed by atoms with E-state index in [4.69, 9.17) is 0 Å². The largest absolute Gasteiger partial charge is 0.508 e. The molecule has 1 aromatic carbocycles. The predicted molar refractivity (Wildman–Crippen MR) is 64.7 cm³/mol. The highest BCUT2D eigenvalue weighted by atomic mass is 16.3. The van der Waals surface area contributed by atoms with Gasteiger partial charge in [-0.1, -0.05) is 0 Å². The third-order valence-electron chi connectivity index (χ3n) is 3.64. The second-order valence-electron chi connectivity index (χ2n) is 4.75. The van der Waals surface area contributed by atoms with Crippen LogP contribution in [0.15, 0.2) is 12.1 Å². The average Bonchev–Trinajstić information content (AvgIpc) is 2.79. The summed E-state index contributed by atoms with van der Waals surface area (Å²) in [5.74, 6) is 0.461. The lowest BCUT2D eigenvalue weighted by Gasteiger charge is -2.29. The third-order valence-corrected chi connectivity index (χ3v) is 3.64. The van der Waals surface area contributed by atoms with Gasteiger partial charge in [0.25, 0.3) is 0 Å². The number of benzene rings is 1. The summed E-state index contributed by atoms with van der Waals surface area (Å²) >= 11 is 0. The highest BCUT2D eigenvalue weighted by Crippen LogP contribution is 2.32. The Kier molecular flexibility index (Phi) is 2.48. The number of nitrogens with zero attached hydrogens (tertiary/aromatic N) is 1. The Morgan fingerprint density at radius 3 is 2.69 bits per heavy atom. The molecule has 2 heterocycles. The van der Waals surface area contributed by atoms with Crippen molar-refractivity contribution in [1.29, 1.82) is 0 Å². The van der Waals surface area contributed by atoms with Gasteiger partial charge in [-0.2, -0.15) is 0 Å². The van der Waals surface area contributed by atoms with E-state index in [1.165, 1.54) is 30.5 Å². The first kappa shape index (κ1) is 9.97. The smallest absolute Gasteiger partial charge is 0.122 e. The average molecular weight is 218 g/mol. The number of anilines is 1. The number of rotatable bonds is 1. The zero-order valence-electron chi connectivity index (χ0n) is 9.50. The number of hydrogen-bond donors (Lipinski definition) is 2. The van der Waals surface area contributed by atoms with Crippen LogP contribution in [0.5, 0.6) is 5.75 Å². The minimum Gasteiger partial charge on any atom is -0.508 e. The van der Waals surface area contributed by atoms with Crippen molar-refractivity contribution < 1.29 is 5.11 Å². The Hall–Kier alpha value is -1.22. The maximum Gasteiger partial charge on any atom is 0.122 e. The van der Waals surface area contributed by atoms with Crippen molar-refractivity contribution in [3.8, 4) is 5.75 Å². The molecular weight excluding hydrogens is 200 g/mol.